The highest BCUT2D eigenvalue weighted by molar-refractivity contribution is 7.92. The van der Waals surface area contributed by atoms with Crippen molar-refractivity contribution in [3.63, 3.8) is 0 Å². The summed E-state index contributed by atoms with van der Waals surface area (Å²) in [6, 6.07) is 13.3. The quantitative estimate of drug-likeness (QED) is 0.259. The summed E-state index contributed by atoms with van der Waals surface area (Å²) in [7, 11) is -4.16. The van der Waals surface area contributed by atoms with Crippen molar-refractivity contribution in [3.8, 4) is 22.9 Å². The summed E-state index contributed by atoms with van der Waals surface area (Å²) in [5, 5.41) is 0. The van der Waals surface area contributed by atoms with Crippen LogP contribution in [0.4, 0.5) is 5.95 Å². The number of hydrogen-bond donors (Lipinski definition) is 1. The summed E-state index contributed by atoms with van der Waals surface area (Å²) in [4.78, 5) is 34.2. The van der Waals surface area contributed by atoms with Crippen molar-refractivity contribution < 1.29 is 22.7 Å². The number of aromatic nitrogens is 4. The van der Waals surface area contributed by atoms with Crippen molar-refractivity contribution in [2.75, 3.05) is 11.3 Å². The average molecular weight is 655 g/mol. The molecule has 12 heteroatoms. The van der Waals surface area contributed by atoms with Gasteiger partial charge in [0.25, 0.3) is 15.9 Å². The number of aryl methyl sites for hydroxylation is 2. The first-order valence-corrected chi connectivity index (χ1v) is 17.5. The molecule has 244 valence electrons. The Kier molecular flexibility index (Phi) is 8.07. The van der Waals surface area contributed by atoms with Crippen LogP contribution < -0.4 is 14.2 Å². The highest BCUT2D eigenvalue weighted by Gasteiger charge is 2.42. The fourth-order valence-corrected chi connectivity index (χ4v) is 7.13. The van der Waals surface area contributed by atoms with Gasteiger partial charge in [0.2, 0.25) is 11.8 Å². The molecule has 2 aromatic heterocycles. The third kappa shape index (κ3) is 6.78. The van der Waals surface area contributed by atoms with Crippen LogP contribution in [-0.2, 0) is 16.6 Å². The second-order valence-corrected chi connectivity index (χ2v) is 14.9. The lowest BCUT2D eigenvalue weighted by atomic mass is 9.96. The summed E-state index contributed by atoms with van der Waals surface area (Å²) in [5.41, 5.74) is 3.64. The number of nitrogens with zero attached hydrogens (tertiary/aromatic N) is 5. The predicted octanol–water partition coefficient (Wildman–Crippen LogP) is 5.88. The number of rotatable bonds is 7. The van der Waals surface area contributed by atoms with E-state index in [9.17, 15) is 13.2 Å². The van der Waals surface area contributed by atoms with Gasteiger partial charge in [0.15, 0.2) is 5.75 Å². The Bertz CT molecular complexity index is 1910. The molecule has 1 atom stereocenters. The summed E-state index contributed by atoms with van der Waals surface area (Å²) in [6.45, 7) is 6.39. The number of ether oxygens (including phenoxy) is 2. The first-order valence-electron chi connectivity index (χ1n) is 16.1. The predicted molar refractivity (Wildman–Crippen MR) is 176 cm³/mol. The maximum Gasteiger partial charge on any atom is 0.264 e. The Balaban J connectivity index is 1.30. The van der Waals surface area contributed by atoms with Crippen LogP contribution in [0, 0.1) is 19.3 Å². The molecule has 2 fully saturated rings. The maximum absolute atomic E-state index is 14.4. The lowest BCUT2D eigenvalue weighted by Crippen LogP contribution is -2.45. The van der Waals surface area contributed by atoms with E-state index in [4.69, 9.17) is 9.47 Å². The average Bonchev–Trinajstić information content (AvgIpc) is 3.76. The number of amides is 1. The van der Waals surface area contributed by atoms with Crippen molar-refractivity contribution in [2.45, 2.75) is 82.9 Å². The normalized spacial score (nSPS) is 20.0. The second-order valence-electron chi connectivity index (χ2n) is 13.2. The van der Waals surface area contributed by atoms with E-state index in [0.29, 0.717) is 23.7 Å². The molecule has 1 aliphatic heterocycles. The van der Waals surface area contributed by atoms with Crippen LogP contribution in [-0.4, -0.2) is 57.9 Å². The number of benzene rings is 2. The molecule has 2 aromatic carbocycles. The number of nitrogens with one attached hydrogen (secondary N) is 1. The Morgan fingerprint density at radius 2 is 1.74 bits per heavy atom. The Hall–Kier alpha value is -4.58. The lowest BCUT2D eigenvalue weighted by molar-refractivity contribution is 0.0533. The van der Waals surface area contributed by atoms with Crippen molar-refractivity contribution >= 4 is 21.9 Å². The molecule has 4 bridgehead atoms. The van der Waals surface area contributed by atoms with Gasteiger partial charge < -0.3 is 14.4 Å². The Labute approximate surface area is 274 Å². The molecule has 7 rings (SSSR count). The highest BCUT2D eigenvalue weighted by Crippen LogP contribution is 2.49. The van der Waals surface area contributed by atoms with Gasteiger partial charge in [-0.25, -0.2) is 28.1 Å². The van der Waals surface area contributed by atoms with Gasteiger partial charge in [0, 0.05) is 17.2 Å². The monoisotopic (exact) mass is 654 g/mol. The molecule has 3 heterocycles. The molecule has 3 aliphatic rings. The molecule has 0 unspecified atom stereocenters. The molecule has 11 nitrogen and oxygen atoms in total. The van der Waals surface area contributed by atoms with Gasteiger partial charge in [0.05, 0.1) is 41.7 Å². The van der Waals surface area contributed by atoms with Crippen LogP contribution in [0.25, 0.3) is 11.3 Å². The van der Waals surface area contributed by atoms with E-state index in [1.807, 2.05) is 32.0 Å². The van der Waals surface area contributed by atoms with Gasteiger partial charge in [-0.2, -0.15) is 4.98 Å². The number of anilines is 1. The summed E-state index contributed by atoms with van der Waals surface area (Å²) >= 11 is 0. The number of carbonyl (C=O) groups is 1. The van der Waals surface area contributed by atoms with E-state index < -0.39 is 10.0 Å². The molecule has 0 saturated heterocycles. The van der Waals surface area contributed by atoms with Gasteiger partial charge >= 0.3 is 0 Å². The minimum atomic E-state index is -4.16. The maximum atomic E-state index is 14.4. The SMILES string of the molecule is Cc1cccc(C)c1-c1cc2nc(n1)NS(=O)(=O)c1cccc(c1)C(=O)N(Cc1ncc(OC3CCC3)cn1)[C@H](CC1(C)CC1)CO2. The molecule has 4 aromatic rings. The molecular weight excluding hydrogens is 616 g/mol. The third-order valence-corrected chi connectivity index (χ3v) is 10.7. The lowest BCUT2D eigenvalue weighted by Gasteiger charge is -2.33. The molecule has 47 heavy (non-hydrogen) atoms. The molecule has 1 amide bonds. The van der Waals surface area contributed by atoms with Gasteiger partial charge in [0.1, 0.15) is 12.4 Å². The minimum Gasteiger partial charge on any atom is -0.487 e. The zero-order chi connectivity index (χ0) is 32.8. The summed E-state index contributed by atoms with van der Waals surface area (Å²) in [5.74, 6) is 0.794. The smallest absolute Gasteiger partial charge is 0.264 e. The van der Waals surface area contributed by atoms with E-state index in [2.05, 4.69) is 31.6 Å². The van der Waals surface area contributed by atoms with E-state index in [1.54, 1.807) is 35.5 Å². The number of carbonyl (C=O) groups excluding carboxylic acids is 1. The van der Waals surface area contributed by atoms with E-state index >= 15 is 0 Å². The zero-order valence-electron chi connectivity index (χ0n) is 26.8. The van der Waals surface area contributed by atoms with E-state index in [0.717, 1.165) is 48.8 Å². The first kappa shape index (κ1) is 31.0. The zero-order valence-corrected chi connectivity index (χ0v) is 27.6. The first-order chi connectivity index (χ1) is 22.5. The summed E-state index contributed by atoms with van der Waals surface area (Å²) in [6.07, 6.45) is 9.46. The Morgan fingerprint density at radius 3 is 2.43 bits per heavy atom. The van der Waals surface area contributed by atoms with Crippen molar-refractivity contribution in [2.24, 2.45) is 5.41 Å². The van der Waals surface area contributed by atoms with Crippen molar-refractivity contribution in [1.29, 1.82) is 0 Å². The fraction of sp³-hybridized carbons (Fsp3) is 0.400. The standard InChI is InChI=1S/C35H38N6O5S/c1-22-7-4-8-23(2)32(22)29-16-31-39-34(38-29)40-47(43,44)28-12-5-9-24(15-28)33(42)41(25(21-45-31)17-35(3)13-14-35)20-30-36-18-27(19-37-30)46-26-10-6-11-26/h4-5,7-9,12,15-16,18-19,25-26H,6,10-11,13-14,17,20-21H2,1-3H3,(H,38,39,40)/t25-/m1/s1. The van der Waals surface area contributed by atoms with Crippen molar-refractivity contribution in [1.82, 2.24) is 24.8 Å². The van der Waals surface area contributed by atoms with Crippen molar-refractivity contribution in [3.05, 3.63) is 83.4 Å². The van der Waals surface area contributed by atoms with Crippen LogP contribution in [0.1, 0.15) is 72.8 Å². The number of fused-ring (bicyclic) bond motifs is 4. The van der Waals surface area contributed by atoms with Crippen LogP contribution >= 0.6 is 0 Å². The highest BCUT2D eigenvalue weighted by atomic mass is 32.2. The molecule has 0 radical (unpaired) electrons. The Morgan fingerprint density at radius 1 is 1.02 bits per heavy atom. The van der Waals surface area contributed by atoms with E-state index in [1.165, 1.54) is 12.1 Å². The second kappa shape index (κ2) is 12.2. The third-order valence-electron chi connectivity index (χ3n) is 9.36. The van der Waals surface area contributed by atoms with Gasteiger partial charge in [-0.15, -0.1) is 0 Å². The van der Waals surface area contributed by atoms with Crippen LogP contribution in [0.2, 0.25) is 0 Å². The van der Waals surface area contributed by atoms with Crippen LogP contribution in [0.5, 0.6) is 11.6 Å². The molecule has 0 spiro atoms. The largest absolute Gasteiger partial charge is 0.487 e. The molecule has 2 aliphatic carbocycles. The molecule has 1 N–H and O–H groups in total. The van der Waals surface area contributed by atoms with E-state index in [-0.39, 0.29) is 58.9 Å². The molecule has 2 saturated carbocycles. The van der Waals surface area contributed by atoms with Gasteiger partial charge in [-0.1, -0.05) is 31.2 Å². The topological polar surface area (TPSA) is 136 Å². The number of sulfonamides is 1. The number of hydrogen-bond acceptors (Lipinski definition) is 9. The minimum absolute atomic E-state index is 0.0504. The fourth-order valence-electron chi connectivity index (χ4n) is 6.14. The summed E-state index contributed by atoms with van der Waals surface area (Å²) < 4.78 is 42.1. The van der Waals surface area contributed by atoms with Crippen LogP contribution in [0.15, 0.2) is 65.8 Å². The van der Waals surface area contributed by atoms with Gasteiger partial charge in [-0.3, -0.25) is 4.79 Å². The molecular formula is C35H38N6O5S. The van der Waals surface area contributed by atoms with Gasteiger partial charge in [-0.05, 0) is 87.1 Å². The van der Waals surface area contributed by atoms with Crippen LogP contribution in [0.3, 0.4) is 0 Å².